The molecule has 0 unspecified atom stereocenters. The first-order valence-corrected chi connectivity index (χ1v) is 5.71. The van der Waals surface area contributed by atoms with Gasteiger partial charge in [0.05, 0.1) is 5.69 Å². The van der Waals surface area contributed by atoms with E-state index in [1.807, 2.05) is 42.6 Å². The highest BCUT2D eigenvalue weighted by molar-refractivity contribution is 7.20. The molecule has 0 aliphatic rings. The number of rotatable bonds is 1. The van der Waals surface area contributed by atoms with E-state index in [-0.39, 0.29) is 5.88 Å². The van der Waals surface area contributed by atoms with Crippen molar-refractivity contribution in [3.63, 3.8) is 0 Å². The first-order chi connectivity index (χ1) is 7.86. The second kappa shape index (κ2) is 3.57. The zero-order chi connectivity index (χ0) is 11.0. The summed E-state index contributed by atoms with van der Waals surface area (Å²) in [5.74, 6) is 0.249. The van der Waals surface area contributed by atoms with Gasteiger partial charge in [-0.3, -0.25) is 4.98 Å². The normalized spacial score (nSPS) is 10.8. The van der Waals surface area contributed by atoms with Crippen molar-refractivity contribution in [2.45, 2.75) is 0 Å². The zero-order valence-electron chi connectivity index (χ0n) is 8.37. The Kier molecular flexibility index (Phi) is 2.08. The average Bonchev–Trinajstić information content (AvgIpc) is 2.69. The molecule has 4 heteroatoms. The molecule has 3 aromatic rings. The number of hydrogen-bond acceptors (Lipinski definition) is 3. The van der Waals surface area contributed by atoms with E-state index in [0.717, 1.165) is 15.4 Å². The van der Waals surface area contributed by atoms with Gasteiger partial charge in [0.2, 0.25) is 0 Å². The van der Waals surface area contributed by atoms with Gasteiger partial charge in [0.1, 0.15) is 0 Å². The molecule has 0 aromatic carbocycles. The molecule has 0 amide bonds. The van der Waals surface area contributed by atoms with Crippen molar-refractivity contribution in [2.24, 2.45) is 0 Å². The zero-order valence-corrected chi connectivity index (χ0v) is 9.19. The van der Waals surface area contributed by atoms with Crippen molar-refractivity contribution in [3.05, 3.63) is 48.8 Å². The van der Waals surface area contributed by atoms with Crippen LogP contribution in [0.5, 0.6) is 5.88 Å². The van der Waals surface area contributed by atoms with Gasteiger partial charge in [-0.15, -0.1) is 4.40 Å². The largest absolute Gasteiger partial charge is 0.458 e. The van der Waals surface area contributed by atoms with Crippen LogP contribution in [0.4, 0.5) is 0 Å². The van der Waals surface area contributed by atoms with Gasteiger partial charge < -0.3 is 5.11 Å². The molecule has 0 atom stereocenters. The number of nitrogens with zero attached hydrogens (tertiary/aromatic N) is 2. The minimum absolute atomic E-state index is 0.249. The molecule has 0 aliphatic heterocycles. The minimum Gasteiger partial charge on any atom is -0.458 e. The fourth-order valence-electron chi connectivity index (χ4n) is 1.61. The van der Waals surface area contributed by atoms with Crippen LogP contribution in [0, 0.1) is 0 Å². The Morgan fingerprint density at radius 3 is 2.75 bits per heavy atom. The molecule has 3 rings (SSSR count). The summed E-state index contributed by atoms with van der Waals surface area (Å²) in [7, 11) is 0. The highest BCUT2D eigenvalue weighted by Crippen LogP contribution is 2.31. The van der Waals surface area contributed by atoms with Crippen molar-refractivity contribution in [1.29, 1.82) is 0 Å². The summed E-state index contributed by atoms with van der Waals surface area (Å²) in [6.45, 7) is 0. The standard InChI is InChI=1S/C12H8N2OS/c15-12-11(9-5-1-3-7-13-9)16-10-6-2-4-8-14(10)12/h1-8H/p+1. The highest BCUT2D eigenvalue weighted by Gasteiger charge is 2.21. The van der Waals surface area contributed by atoms with Gasteiger partial charge in [0.15, 0.2) is 11.1 Å². The van der Waals surface area contributed by atoms with E-state index in [9.17, 15) is 5.11 Å². The molecule has 3 heterocycles. The Labute approximate surface area is 96.3 Å². The van der Waals surface area contributed by atoms with Crippen molar-refractivity contribution in [1.82, 2.24) is 4.98 Å². The molecule has 0 aliphatic carbocycles. The lowest BCUT2D eigenvalue weighted by Gasteiger charge is -1.91. The van der Waals surface area contributed by atoms with Crippen LogP contribution < -0.4 is 4.40 Å². The lowest BCUT2D eigenvalue weighted by atomic mass is 10.3. The quantitative estimate of drug-likeness (QED) is 0.650. The van der Waals surface area contributed by atoms with Crippen LogP contribution in [0.15, 0.2) is 48.8 Å². The Hall–Kier alpha value is -1.94. The van der Waals surface area contributed by atoms with E-state index >= 15 is 0 Å². The maximum Gasteiger partial charge on any atom is 0.392 e. The van der Waals surface area contributed by atoms with Crippen LogP contribution in [0.25, 0.3) is 15.4 Å². The van der Waals surface area contributed by atoms with E-state index in [4.69, 9.17) is 0 Å². The molecular formula is C12H9N2OS+. The lowest BCUT2D eigenvalue weighted by Crippen LogP contribution is -2.16. The third-order valence-corrected chi connectivity index (χ3v) is 3.50. The number of aromatic hydroxyl groups is 1. The second-order valence-electron chi connectivity index (χ2n) is 3.38. The smallest absolute Gasteiger partial charge is 0.392 e. The van der Waals surface area contributed by atoms with Gasteiger partial charge in [0.25, 0.3) is 4.83 Å². The van der Waals surface area contributed by atoms with Gasteiger partial charge >= 0.3 is 5.88 Å². The van der Waals surface area contributed by atoms with Gasteiger partial charge in [0, 0.05) is 18.3 Å². The van der Waals surface area contributed by atoms with Gasteiger partial charge in [-0.25, -0.2) is 0 Å². The van der Waals surface area contributed by atoms with Crippen molar-refractivity contribution < 1.29 is 9.51 Å². The summed E-state index contributed by atoms with van der Waals surface area (Å²) in [4.78, 5) is 6.04. The SMILES string of the molecule is Oc1c(-c2ccccn2)sc2cccc[n+]12. The third-order valence-electron chi connectivity index (χ3n) is 2.36. The van der Waals surface area contributed by atoms with Crippen LogP contribution in [0.3, 0.4) is 0 Å². The molecule has 0 bridgehead atoms. The first-order valence-electron chi connectivity index (χ1n) is 4.90. The summed E-state index contributed by atoms with van der Waals surface area (Å²) in [5.41, 5.74) is 0.800. The van der Waals surface area contributed by atoms with E-state index in [1.165, 1.54) is 11.3 Å². The molecule has 16 heavy (non-hydrogen) atoms. The van der Waals surface area contributed by atoms with Crippen molar-refractivity contribution in [2.75, 3.05) is 0 Å². The second-order valence-corrected chi connectivity index (χ2v) is 4.41. The van der Waals surface area contributed by atoms with Crippen LogP contribution in [-0.4, -0.2) is 10.1 Å². The van der Waals surface area contributed by atoms with E-state index in [1.54, 1.807) is 10.6 Å². The molecule has 0 spiro atoms. The number of fused-ring (bicyclic) bond motifs is 1. The predicted octanol–water partition coefficient (Wildman–Crippen LogP) is 2.25. The number of pyridine rings is 2. The molecule has 0 saturated heterocycles. The lowest BCUT2D eigenvalue weighted by molar-refractivity contribution is -0.517. The predicted molar refractivity (Wildman–Crippen MR) is 62.4 cm³/mol. The Balaban J connectivity index is 2.29. The Bertz CT molecular complexity index is 634. The van der Waals surface area contributed by atoms with Crippen LogP contribution in [0.1, 0.15) is 0 Å². The fraction of sp³-hybridized carbons (Fsp3) is 0. The summed E-state index contributed by atoms with van der Waals surface area (Å²) >= 11 is 1.53. The van der Waals surface area contributed by atoms with Gasteiger partial charge in [-0.05, 0) is 18.2 Å². The molecule has 3 nitrogen and oxygen atoms in total. The highest BCUT2D eigenvalue weighted by atomic mass is 32.1. The maximum atomic E-state index is 10.1. The molecule has 78 valence electrons. The number of thiazole rings is 1. The summed E-state index contributed by atoms with van der Waals surface area (Å²) in [6.07, 6.45) is 3.57. The molecule has 0 radical (unpaired) electrons. The monoisotopic (exact) mass is 229 g/mol. The summed E-state index contributed by atoms with van der Waals surface area (Å²) < 4.78 is 1.76. The summed E-state index contributed by atoms with van der Waals surface area (Å²) in [5, 5.41) is 10.1. The van der Waals surface area contributed by atoms with Crippen LogP contribution in [-0.2, 0) is 0 Å². The fourth-order valence-corrected chi connectivity index (χ4v) is 2.63. The average molecular weight is 229 g/mol. The maximum absolute atomic E-state index is 10.1. The van der Waals surface area contributed by atoms with Gasteiger partial charge in [-0.1, -0.05) is 17.4 Å². The van der Waals surface area contributed by atoms with Crippen LogP contribution in [0.2, 0.25) is 0 Å². The Morgan fingerprint density at radius 1 is 1.12 bits per heavy atom. The minimum atomic E-state index is 0.249. The first kappa shape index (κ1) is 9.30. The van der Waals surface area contributed by atoms with E-state index in [2.05, 4.69) is 4.98 Å². The molecule has 0 saturated carbocycles. The molecule has 3 aromatic heterocycles. The molecular weight excluding hydrogens is 220 g/mol. The topological polar surface area (TPSA) is 37.2 Å². The van der Waals surface area contributed by atoms with E-state index < -0.39 is 0 Å². The summed E-state index contributed by atoms with van der Waals surface area (Å²) in [6, 6.07) is 11.5. The number of aromatic nitrogens is 2. The molecule has 1 N–H and O–H groups in total. The van der Waals surface area contributed by atoms with Crippen molar-refractivity contribution in [3.8, 4) is 16.5 Å². The van der Waals surface area contributed by atoms with Gasteiger partial charge in [-0.2, -0.15) is 0 Å². The van der Waals surface area contributed by atoms with Crippen LogP contribution >= 0.6 is 11.3 Å². The third kappa shape index (κ3) is 1.35. The van der Waals surface area contributed by atoms with Crippen molar-refractivity contribution >= 4 is 16.2 Å². The molecule has 0 fully saturated rings. The Morgan fingerprint density at radius 2 is 2.00 bits per heavy atom. The van der Waals surface area contributed by atoms with E-state index in [0.29, 0.717) is 0 Å². The number of hydrogen-bond donors (Lipinski definition) is 1.